The fourth-order valence-corrected chi connectivity index (χ4v) is 3.02. The number of carboxylic acids is 1. The molecule has 0 aliphatic carbocycles. The van der Waals surface area contributed by atoms with E-state index in [0.29, 0.717) is 38.2 Å². The minimum atomic E-state index is -0.813. The van der Waals surface area contributed by atoms with Gasteiger partial charge in [-0.2, -0.15) is 0 Å². The average Bonchev–Trinajstić information content (AvgIpc) is 2.74. The van der Waals surface area contributed by atoms with E-state index in [1.54, 1.807) is 17.0 Å². The number of carboxylic acid groups (broad SMARTS) is 1. The molecule has 23 heavy (non-hydrogen) atoms. The first-order chi connectivity index (χ1) is 11.0. The number of rotatable bonds is 5. The summed E-state index contributed by atoms with van der Waals surface area (Å²) in [5.74, 6) is -1.20. The molecule has 1 amide bonds. The van der Waals surface area contributed by atoms with Crippen LogP contribution in [0.4, 0.5) is 4.39 Å². The van der Waals surface area contributed by atoms with Crippen LogP contribution in [0.15, 0.2) is 24.3 Å². The minimum Gasteiger partial charge on any atom is -0.480 e. The Labute approximate surface area is 135 Å². The van der Waals surface area contributed by atoms with Gasteiger partial charge in [-0.05, 0) is 30.5 Å². The van der Waals surface area contributed by atoms with Gasteiger partial charge in [-0.3, -0.25) is 14.5 Å². The highest BCUT2D eigenvalue weighted by molar-refractivity contribution is 5.79. The van der Waals surface area contributed by atoms with Crippen LogP contribution in [0, 0.1) is 5.82 Å². The third kappa shape index (κ3) is 4.76. The van der Waals surface area contributed by atoms with E-state index in [1.807, 2.05) is 11.8 Å². The van der Waals surface area contributed by atoms with Gasteiger partial charge in [0.2, 0.25) is 5.91 Å². The number of benzene rings is 1. The molecule has 0 bridgehead atoms. The first-order valence-corrected chi connectivity index (χ1v) is 8.00. The van der Waals surface area contributed by atoms with Crippen molar-refractivity contribution in [3.63, 3.8) is 0 Å². The molecule has 0 aromatic heterocycles. The molecule has 126 valence electrons. The van der Waals surface area contributed by atoms with Crippen molar-refractivity contribution in [3.8, 4) is 0 Å². The maximum Gasteiger partial charge on any atom is 0.320 e. The van der Waals surface area contributed by atoms with Crippen LogP contribution in [0.5, 0.6) is 0 Å². The van der Waals surface area contributed by atoms with Gasteiger partial charge in [0.15, 0.2) is 0 Å². The Balaban J connectivity index is 1.94. The molecule has 1 heterocycles. The number of halogens is 1. The van der Waals surface area contributed by atoms with Gasteiger partial charge >= 0.3 is 5.97 Å². The second-order valence-corrected chi connectivity index (χ2v) is 5.84. The van der Waals surface area contributed by atoms with Crippen molar-refractivity contribution >= 4 is 11.9 Å². The smallest absolute Gasteiger partial charge is 0.320 e. The molecule has 2 rings (SSSR count). The van der Waals surface area contributed by atoms with Crippen LogP contribution in [0.2, 0.25) is 0 Å². The van der Waals surface area contributed by atoms with Crippen LogP contribution in [0.1, 0.15) is 25.3 Å². The van der Waals surface area contributed by atoms with Crippen molar-refractivity contribution in [2.45, 2.75) is 32.2 Å². The molecular formula is C17H23FN2O3. The molecule has 1 aromatic carbocycles. The second-order valence-electron chi connectivity index (χ2n) is 5.84. The van der Waals surface area contributed by atoms with Gasteiger partial charge in [-0.25, -0.2) is 4.39 Å². The second kappa shape index (κ2) is 8.06. The molecule has 1 atom stereocenters. The highest BCUT2D eigenvalue weighted by Crippen LogP contribution is 2.12. The van der Waals surface area contributed by atoms with Gasteiger partial charge in [0.25, 0.3) is 0 Å². The molecule has 1 aromatic rings. The molecule has 1 N–H and O–H groups in total. The van der Waals surface area contributed by atoms with E-state index in [4.69, 9.17) is 0 Å². The minimum absolute atomic E-state index is 0.0409. The number of carbonyl (C=O) groups excluding carboxylic acids is 1. The number of amides is 1. The molecule has 6 heteroatoms. The molecule has 0 radical (unpaired) electrons. The van der Waals surface area contributed by atoms with E-state index in [0.717, 1.165) is 6.42 Å². The third-order valence-corrected chi connectivity index (χ3v) is 4.24. The van der Waals surface area contributed by atoms with Crippen molar-refractivity contribution < 1.29 is 19.1 Å². The zero-order chi connectivity index (χ0) is 16.8. The number of aliphatic carboxylic acids is 1. The lowest BCUT2D eigenvalue weighted by Gasteiger charge is -2.26. The molecule has 1 unspecified atom stereocenters. The van der Waals surface area contributed by atoms with Crippen molar-refractivity contribution in [3.05, 3.63) is 35.6 Å². The molecule has 0 saturated carbocycles. The first-order valence-electron chi connectivity index (χ1n) is 8.00. The van der Waals surface area contributed by atoms with Crippen LogP contribution in [0.3, 0.4) is 0 Å². The summed E-state index contributed by atoms with van der Waals surface area (Å²) in [6.07, 6.45) is 1.47. The van der Waals surface area contributed by atoms with Gasteiger partial charge in [-0.15, -0.1) is 0 Å². The number of hydrogen-bond donors (Lipinski definition) is 1. The molecule has 1 fully saturated rings. The zero-order valence-corrected chi connectivity index (χ0v) is 13.4. The summed E-state index contributed by atoms with van der Waals surface area (Å²) in [5.41, 5.74) is 0.660. The molecular weight excluding hydrogens is 299 g/mol. The third-order valence-electron chi connectivity index (χ3n) is 4.24. The number of carbonyl (C=O) groups is 2. The fraction of sp³-hybridized carbons (Fsp3) is 0.529. The van der Waals surface area contributed by atoms with Gasteiger partial charge in [-0.1, -0.05) is 19.1 Å². The van der Waals surface area contributed by atoms with Crippen molar-refractivity contribution in [2.24, 2.45) is 0 Å². The number of nitrogens with zero attached hydrogens (tertiary/aromatic N) is 2. The topological polar surface area (TPSA) is 60.9 Å². The average molecular weight is 322 g/mol. The predicted octanol–water partition coefficient (Wildman–Crippen LogP) is 1.77. The van der Waals surface area contributed by atoms with Crippen molar-refractivity contribution in [2.75, 3.05) is 26.2 Å². The number of hydrogen-bond acceptors (Lipinski definition) is 3. The predicted molar refractivity (Wildman–Crippen MR) is 84.6 cm³/mol. The van der Waals surface area contributed by atoms with Gasteiger partial charge in [0.05, 0.1) is 6.42 Å². The largest absolute Gasteiger partial charge is 0.480 e. The zero-order valence-electron chi connectivity index (χ0n) is 13.4. The molecule has 1 aliphatic heterocycles. The maximum atomic E-state index is 13.2. The Hall–Kier alpha value is -1.95. The Morgan fingerprint density at radius 1 is 1.26 bits per heavy atom. The fourth-order valence-electron chi connectivity index (χ4n) is 3.02. The molecule has 0 spiro atoms. The Kier molecular flexibility index (Phi) is 6.10. The lowest BCUT2D eigenvalue weighted by molar-refractivity contribution is -0.143. The standard InChI is InChI=1S/C17H23FN2O3/c1-2-15(17(22)23)19-7-4-8-20(10-9-19)16(21)12-13-5-3-6-14(18)11-13/h3,5-6,11,15H,2,4,7-10,12H2,1H3,(H,22,23). The lowest BCUT2D eigenvalue weighted by Crippen LogP contribution is -2.43. The normalized spacial score (nSPS) is 17.6. The van der Waals surface area contributed by atoms with Gasteiger partial charge < -0.3 is 10.0 Å². The van der Waals surface area contributed by atoms with Crippen molar-refractivity contribution in [1.82, 2.24) is 9.80 Å². The summed E-state index contributed by atoms with van der Waals surface area (Å²) in [4.78, 5) is 27.3. The summed E-state index contributed by atoms with van der Waals surface area (Å²) in [6, 6.07) is 5.57. The van der Waals surface area contributed by atoms with Crippen molar-refractivity contribution in [1.29, 1.82) is 0 Å². The Morgan fingerprint density at radius 3 is 2.70 bits per heavy atom. The van der Waals surface area contributed by atoms with E-state index in [-0.39, 0.29) is 18.1 Å². The van der Waals surface area contributed by atoms with Crippen LogP contribution in [-0.4, -0.2) is 59.0 Å². The SMILES string of the molecule is CCC(C(=O)O)N1CCCN(C(=O)Cc2cccc(F)c2)CC1. The van der Waals surface area contributed by atoms with E-state index in [1.165, 1.54) is 12.1 Å². The quantitative estimate of drug-likeness (QED) is 0.897. The highest BCUT2D eigenvalue weighted by atomic mass is 19.1. The monoisotopic (exact) mass is 322 g/mol. The molecule has 5 nitrogen and oxygen atoms in total. The summed E-state index contributed by atoms with van der Waals surface area (Å²) < 4.78 is 13.2. The highest BCUT2D eigenvalue weighted by Gasteiger charge is 2.27. The molecule has 1 saturated heterocycles. The first kappa shape index (κ1) is 17.4. The summed E-state index contributed by atoms with van der Waals surface area (Å²) in [7, 11) is 0. The van der Waals surface area contributed by atoms with Crippen LogP contribution in [0.25, 0.3) is 0 Å². The van der Waals surface area contributed by atoms with Crippen LogP contribution >= 0.6 is 0 Å². The van der Waals surface area contributed by atoms with Gasteiger partial charge in [0, 0.05) is 26.2 Å². The van der Waals surface area contributed by atoms with Gasteiger partial charge in [0.1, 0.15) is 11.9 Å². The van der Waals surface area contributed by atoms with E-state index >= 15 is 0 Å². The van der Waals surface area contributed by atoms with E-state index in [2.05, 4.69) is 0 Å². The van der Waals surface area contributed by atoms with E-state index < -0.39 is 12.0 Å². The summed E-state index contributed by atoms with van der Waals surface area (Å²) in [6.45, 7) is 4.21. The summed E-state index contributed by atoms with van der Waals surface area (Å²) >= 11 is 0. The summed E-state index contributed by atoms with van der Waals surface area (Å²) in [5, 5.41) is 9.26. The maximum absolute atomic E-state index is 13.2. The molecule has 1 aliphatic rings. The Bertz CT molecular complexity index is 565. The lowest BCUT2D eigenvalue weighted by atomic mass is 10.1. The Morgan fingerprint density at radius 2 is 2.04 bits per heavy atom. The van der Waals surface area contributed by atoms with Crippen LogP contribution < -0.4 is 0 Å². The van der Waals surface area contributed by atoms with Crippen LogP contribution in [-0.2, 0) is 16.0 Å². The van der Waals surface area contributed by atoms with E-state index in [9.17, 15) is 19.1 Å².